The number of amides is 1. The number of rotatable bonds is 7. The highest BCUT2D eigenvalue weighted by Gasteiger charge is 2.33. The molecule has 1 N–H and O–H groups in total. The van der Waals surface area contributed by atoms with Gasteiger partial charge < -0.3 is 10.1 Å². The summed E-state index contributed by atoms with van der Waals surface area (Å²) in [5.41, 5.74) is 4.46. The van der Waals surface area contributed by atoms with Crippen LogP contribution in [0.5, 0.6) is 5.75 Å². The second-order valence-corrected chi connectivity index (χ2v) is 12.1. The van der Waals surface area contributed by atoms with Crippen LogP contribution < -0.4 is 10.1 Å². The Bertz CT molecular complexity index is 1470. The molecular formula is C33H33FN2O2S. The van der Waals surface area contributed by atoms with Crippen molar-refractivity contribution in [2.75, 3.05) is 5.32 Å². The van der Waals surface area contributed by atoms with Crippen molar-refractivity contribution in [1.29, 1.82) is 0 Å². The van der Waals surface area contributed by atoms with Crippen molar-refractivity contribution in [2.45, 2.75) is 46.6 Å². The number of carbonyl (C=O) groups is 1. The van der Waals surface area contributed by atoms with E-state index in [4.69, 9.17) is 9.73 Å². The zero-order chi connectivity index (χ0) is 27.4. The Morgan fingerprint density at radius 1 is 1.05 bits per heavy atom. The minimum absolute atomic E-state index is 0.124. The zero-order valence-corrected chi connectivity index (χ0v) is 23.4. The van der Waals surface area contributed by atoms with Crippen molar-refractivity contribution in [3.8, 4) is 5.75 Å². The van der Waals surface area contributed by atoms with Gasteiger partial charge in [-0.05, 0) is 78.1 Å². The van der Waals surface area contributed by atoms with E-state index in [0.29, 0.717) is 23.8 Å². The first-order valence-corrected chi connectivity index (χ1v) is 14.1. The highest BCUT2D eigenvalue weighted by molar-refractivity contribution is 7.16. The third-order valence-electron chi connectivity index (χ3n) is 7.28. The fourth-order valence-corrected chi connectivity index (χ4v) is 6.21. The fourth-order valence-electron chi connectivity index (χ4n) is 4.94. The number of thiophene rings is 1. The largest absolute Gasteiger partial charge is 0.488 e. The Hall–Kier alpha value is -3.77. The summed E-state index contributed by atoms with van der Waals surface area (Å²) in [7, 11) is 0. The van der Waals surface area contributed by atoms with Crippen LogP contribution in [0.3, 0.4) is 0 Å². The summed E-state index contributed by atoms with van der Waals surface area (Å²) in [5.74, 6) is 0.841. The molecule has 5 rings (SSSR count). The Morgan fingerprint density at radius 2 is 1.77 bits per heavy atom. The molecule has 1 amide bonds. The van der Waals surface area contributed by atoms with Gasteiger partial charge in [0.15, 0.2) is 0 Å². The van der Waals surface area contributed by atoms with Crippen molar-refractivity contribution in [3.63, 3.8) is 0 Å². The van der Waals surface area contributed by atoms with Crippen LogP contribution >= 0.6 is 11.3 Å². The van der Waals surface area contributed by atoms with Gasteiger partial charge in [0.1, 0.15) is 23.2 Å². The van der Waals surface area contributed by atoms with E-state index >= 15 is 0 Å². The molecule has 1 heterocycles. The molecule has 0 spiro atoms. The van der Waals surface area contributed by atoms with Gasteiger partial charge in [-0.15, -0.1) is 11.3 Å². The third kappa shape index (κ3) is 6.45. The van der Waals surface area contributed by atoms with E-state index in [-0.39, 0.29) is 17.1 Å². The van der Waals surface area contributed by atoms with Gasteiger partial charge in [0.2, 0.25) is 0 Å². The molecule has 3 aromatic carbocycles. The molecule has 0 unspecified atom stereocenters. The summed E-state index contributed by atoms with van der Waals surface area (Å²) in [6, 6.07) is 23.5. The first-order chi connectivity index (χ1) is 18.8. The topological polar surface area (TPSA) is 50.7 Å². The normalized spacial score (nSPS) is 15.2. The maximum Gasteiger partial charge on any atom is 0.259 e. The van der Waals surface area contributed by atoms with Crippen molar-refractivity contribution < 1.29 is 13.9 Å². The van der Waals surface area contributed by atoms with Crippen LogP contribution in [0.1, 0.15) is 59.1 Å². The molecule has 1 aromatic heterocycles. The lowest BCUT2D eigenvalue weighted by atomic mass is 9.72. The van der Waals surface area contributed by atoms with Gasteiger partial charge in [0, 0.05) is 22.3 Å². The lowest BCUT2D eigenvalue weighted by Crippen LogP contribution is -2.27. The average molecular weight is 541 g/mol. The molecule has 39 heavy (non-hydrogen) atoms. The lowest BCUT2D eigenvalue weighted by Gasteiger charge is -2.33. The van der Waals surface area contributed by atoms with E-state index in [1.165, 1.54) is 17.0 Å². The number of halogens is 1. The number of ether oxygens (including phenoxy) is 1. The SMILES string of the molecule is CC(C)(C)[C@@H]1CCc2c(sc(N=Cc3ccccc3OCc3ccc(F)cc3)c2C(=O)Nc2ccccc2)C1. The Balaban J connectivity index is 1.44. The maximum absolute atomic E-state index is 13.6. The van der Waals surface area contributed by atoms with Gasteiger partial charge in [-0.3, -0.25) is 4.79 Å². The van der Waals surface area contributed by atoms with Gasteiger partial charge in [-0.1, -0.05) is 63.2 Å². The molecule has 0 fully saturated rings. The number of fused-ring (bicyclic) bond motifs is 1. The minimum Gasteiger partial charge on any atom is -0.488 e. The van der Waals surface area contributed by atoms with E-state index < -0.39 is 0 Å². The summed E-state index contributed by atoms with van der Waals surface area (Å²) in [5, 5.41) is 3.79. The number of hydrogen-bond donors (Lipinski definition) is 1. The smallest absolute Gasteiger partial charge is 0.259 e. The highest BCUT2D eigenvalue weighted by atomic mass is 32.1. The molecule has 1 aliphatic rings. The predicted octanol–water partition coefficient (Wildman–Crippen LogP) is 8.62. The molecule has 0 saturated heterocycles. The summed E-state index contributed by atoms with van der Waals surface area (Å²) in [6.07, 6.45) is 4.67. The molecular weight excluding hydrogens is 507 g/mol. The molecule has 1 atom stereocenters. The van der Waals surface area contributed by atoms with E-state index in [2.05, 4.69) is 26.1 Å². The molecule has 0 aliphatic heterocycles. The summed E-state index contributed by atoms with van der Waals surface area (Å²) >= 11 is 1.62. The highest BCUT2D eigenvalue weighted by Crippen LogP contribution is 2.45. The zero-order valence-electron chi connectivity index (χ0n) is 22.5. The van der Waals surface area contributed by atoms with Crippen LogP contribution in [0, 0.1) is 17.2 Å². The van der Waals surface area contributed by atoms with Crippen LogP contribution in [-0.2, 0) is 19.4 Å². The van der Waals surface area contributed by atoms with Crippen LogP contribution in [-0.4, -0.2) is 12.1 Å². The van der Waals surface area contributed by atoms with Gasteiger partial charge in [-0.2, -0.15) is 0 Å². The first kappa shape index (κ1) is 26.8. The van der Waals surface area contributed by atoms with Crippen LogP contribution in [0.2, 0.25) is 0 Å². The molecule has 200 valence electrons. The molecule has 6 heteroatoms. The number of benzene rings is 3. The number of anilines is 1. The molecule has 4 nitrogen and oxygen atoms in total. The van der Waals surface area contributed by atoms with Crippen molar-refractivity contribution in [1.82, 2.24) is 0 Å². The lowest BCUT2D eigenvalue weighted by molar-refractivity contribution is 0.102. The molecule has 0 saturated carbocycles. The maximum atomic E-state index is 13.6. The van der Waals surface area contributed by atoms with Crippen molar-refractivity contribution >= 4 is 34.1 Å². The standard InChI is InChI=1S/C33H33FN2O2S/c1-33(2,3)24-15-18-27-29(19-24)39-32(30(27)31(37)36-26-10-5-4-6-11-26)35-20-23-9-7-8-12-28(23)38-21-22-13-16-25(34)17-14-22/h4-14,16-17,20,24H,15,18-19,21H2,1-3H3,(H,36,37)/t24-/m1/s1. The number of para-hydroxylation sites is 2. The van der Waals surface area contributed by atoms with Gasteiger partial charge in [0.05, 0.1) is 5.56 Å². The summed E-state index contributed by atoms with van der Waals surface area (Å²) < 4.78 is 19.3. The van der Waals surface area contributed by atoms with Crippen molar-refractivity contribution in [3.05, 3.63) is 112 Å². The minimum atomic E-state index is -0.272. The van der Waals surface area contributed by atoms with Gasteiger partial charge in [0.25, 0.3) is 5.91 Å². The predicted molar refractivity (Wildman–Crippen MR) is 158 cm³/mol. The number of nitrogens with zero attached hydrogens (tertiary/aromatic N) is 1. The molecule has 0 radical (unpaired) electrons. The number of nitrogens with one attached hydrogen (secondary N) is 1. The number of carbonyl (C=O) groups excluding carboxylic acids is 1. The van der Waals surface area contributed by atoms with Crippen LogP contribution in [0.4, 0.5) is 15.1 Å². The average Bonchev–Trinajstić information content (AvgIpc) is 3.30. The van der Waals surface area contributed by atoms with E-state index in [0.717, 1.165) is 46.6 Å². The Labute approximate surface area is 233 Å². The Kier molecular flexibility index (Phi) is 7.94. The quantitative estimate of drug-likeness (QED) is 0.239. The second kappa shape index (κ2) is 11.5. The van der Waals surface area contributed by atoms with Gasteiger partial charge in [-0.25, -0.2) is 9.38 Å². The summed E-state index contributed by atoms with van der Waals surface area (Å²) in [4.78, 5) is 19.7. The Morgan fingerprint density at radius 3 is 2.51 bits per heavy atom. The molecule has 0 bridgehead atoms. The number of aliphatic imine (C=N–C) groups is 1. The molecule has 4 aromatic rings. The number of hydrogen-bond acceptors (Lipinski definition) is 4. The van der Waals surface area contributed by atoms with Crippen LogP contribution in [0.15, 0.2) is 83.9 Å². The first-order valence-electron chi connectivity index (χ1n) is 13.3. The van der Waals surface area contributed by atoms with Gasteiger partial charge >= 0.3 is 0 Å². The van der Waals surface area contributed by atoms with E-state index in [1.807, 2.05) is 54.6 Å². The molecule has 1 aliphatic carbocycles. The summed E-state index contributed by atoms with van der Waals surface area (Å²) in [6.45, 7) is 7.20. The monoisotopic (exact) mass is 540 g/mol. The second-order valence-electron chi connectivity index (χ2n) is 11.0. The fraction of sp³-hybridized carbons (Fsp3) is 0.273. The van der Waals surface area contributed by atoms with E-state index in [9.17, 15) is 9.18 Å². The van der Waals surface area contributed by atoms with E-state index in [1.54, 1.807) is 29.7 Å². The third-order valence-corrected chi connectivity index (χ3v) is 8.44. The van der Waals surface area contributed by atoms with Crippen molar-refractivity contribution in [2.24, 2.45) is 16.3 Å². The van der Waals surface area contributed by atoms with Crippen LogP contribution in [0.25, 0.3) is 0 Å².